The van der Waals surface area contributed by atoms with E-state index < -0.39 is 0 Å². The van der Waals surface area contributed by atoms with Gasteiger partial charge in [0.05, 0.1) is 12.1 Å². The summed E-state index contributed by atoms with van der Waals surface area (Å²) in [6, 6.07) is 6.93. The molecule has 0 bridgehead atoms. The monoisotopic (exact) mass is 345 g/mol. The number of hydrogen-bond acceptors (Lipinski definition) is 5. The highest BCUT2D eigenvalue weighted by molar-refractivity contribution is 7.14. The van der Waals surface area contributed by atoms with Crippen molar-refractivity contribution in [2.24, 2.45) is 0 Å². The molecule has 24 heavy (non-hydrogen) atoms. The van der Waals surface area contributed by atoms with Gasteiger partial charge >= 0.3 is 0 Å². The van der Waals surface area contributed by atoms with E-state index in [0.29, 0.717) is 36.8 Å². The van der Waals surface area contributed by atoms with E-state index in [4.69, 9.17) is 0 Å². The number of benzene rings is 1. The maximum atomic E-state index is 12.0. The summed E-state index contributed by atoms with van der Waals surface area (Å²) < 4.78 is 0. The third-order valence-corrected chi connectivity index (χ3v) is 4.77. The summed E-state index contributed by atoms with van der Waals surface area (Å²) in [4.78, 5) is 29.8. The summed E-state index contributed by atoms with van der Waals surface area (Å²) in [5.74, 6) is 0.256. The molecule has 0 saturated carbocycles. The summed E-state index contributed by atoms with van der Waals surface area (Å²) in [6.07, 6.45) is 2.36. The number of anilines is 1. The fraction of sp³-hybridized carbons (Fsp3) is 0.353. The Kier molecular flexibility index (Phi) is 5.10. The zero-order chi connectivity index (χ0) is 16.9. The number of phenols is 1. The first kappa shape index (κ1) is 16.4. The van der Waals surface area contributed by atoms with Crippen molar-refractivity contribution in [1.29, 1.82) is 0 Å². The van der Waals surface area contributed by atoms with Crippen molar-refractivity contribution in [2.75, 3.05) is 18.0 Å². The number of nitrogens with zero attached hydrogens (tertiary/aromatic N) is 2. The SMILES string of the molecule is O=C(Cc1csc(N2CCCC2=O)n1)NCCc1ccc(O)cc1. The third kappa shape index (κ3) is 4.11. The summed E-state index contributed by atoms with van der Waals surface area (Å²) in [5, 5.41) is 14.6. The molecule has 0 radical (unpaired) electrons. The molecule has 0 spiro atoms. The fourth-order valence-electron chi connectivity index (χ4n) is 2.59. The van der Waals surface area contributed by atoms with E-state index in [1.807, 2.05) is 17.5 Å². The van der Waals surface area contributed by atoms with E-state index in [9.17, 15) is 14.7 Å². The average molecular weight is 345 g/mol. The van der Waals surface area contributed by atoms with Crippen molar-refractivity contribution in [1.82, 2.24) is 10.3 Å². The lowest BCUT2D eigenvalue weighted by Gasteiger charge is -2.10. The van der Waals surface area contributed by atoms with Crippen LogP contribution < -0.4 is 10.2 Å². The molecule has 1 aliphatic heterocycles. The number of nitrogens with one attached hydrogen (secondary N) is 1. The van der Waals surface area contributed by atoms with Gasteiger partial charge in [-0.25, -0.2) is 4.98 Å². The van der Waals surface area contributed by atoms with Crippen LogP contribution in [-0.4, -0.2) is 35.0 Å². The molecule has 3 rings (SSSR count). The van der Waals surface area contributed by atoms with Gasteiger partial charge in [-0.1, -0.05) is 12.1 Å². The number of carbonyl (C=O) groups is 2. The predicted molar refractivity (Wildman–Crippen MR) is 92.2 cm³/mol. The van der Waals surface area contributed by atoms with Gasteiger partial charge < -0.3 is 10.4 Å². The van der Waals surface area contributed by atoms with Gasteiger partial charge in [0.1, 0.15) is 5.75 Å². The molecule has 2 amide bonds. The van der Waals surface area contributed by atoms with Gasteiger partial charge in [0.15, 0.2) is 5.13 Å². The molecule has 1 saturated heterocycles. The minimum absolute atomic E-state index is 0.0848. The van der Waals surface area contributed by atoms with Crippen LogP contribution in [0.4, 0.5) is 5.13 Å². The number of phenolic OH excluding ortho intramolecular Hbond substituents is 1. The Morgan fingerprint density at radius 1 is 1.33 bits per heavy atom. The van der Waals surface area contributed by atoms with Gasteiger partial charge in [-0.3, -0.25) is 14.5 Å². The predicted octanol–water partition coefficient (Wildman–Crippen LogP) is 1.88. The molecule has 6 nitrogen and oxygen atoms in total. The fourth-order valence-corrected chi connectivity index (χ4v) is 3.46. The van der Waals surface area contributed by atoms with E-state index >= 15 is 0 Å². The number of aromatic nitrogens is 1. The molecule has 0 atom stereocenters. The zero-order valence-electron chi connectivity index (χ0n) is 13.2. The largest absolute Gasteiger partial charge is 0.508 e. The second kappa shape index (κ2) is 7.44. The van der Waals surface area contributed by atoms with Gasteiger partial charge in [0.2, 0.25) is 11.8 Å². The molecule has 2 heterocycles. The summed E-state index contributed by atoms with van der Waals surface area (Å²) >= 11 is 1.40. The minimum Gasteiger partial charge on any atom is -0.508 e. The number of thiazole rings is 1. The summed E-state index contributed by atoms with van der Waals surface area (Å²) in [7, 11) is 0. The standard InChI is InChI=1S/C17H19N3O3S/c21-14-5-3-12(4-6-14)7-8-18-15(22)10-13-11-24-17(19-13)20-9-1-2-16(20)23/h3-6,11,21H,1-2,7-10H2,(H,18,22). The van der Waals surface area contributed by atoms with E-state index in [1.54, 1.807) is 17.0 Å². The molecule has 1 aromatic carbocycles. The van der Waals surface area contributed by atoms with Crippen LogP contribution in [0.1, 0.15) is 24.1 Å². The molecule has 0 unspecified atom stereocenters. The number of hydrogen-bond donors (Lipinski definition) is 2. The van der Waals surface area contributed by atoms with Gasteiger partial charge in [-0.2, -0.15) is 0 Å². The van der Waals surface area contributed by atoms with Crippen molar-refractivity contribution in [3.05, 3.63) is 40.9 Å². The van der Waals surface area contributed by atoms with Crippen molar-refractivity contribution in [3.8, 4) is 5.75 Å². The van der Waals surface area contributed by atoms with Crippen LogP contribution in [0.5, 0.6) is 5.75 Å². The van der Waals surface area contributed by atoms with E-state index in [0.717, 1.165) is 12.0 Å². The lowest BCUT2D eigenvalue weighted by molar-refractivity contribution is -0.120. The molecule has 2 aromatic rings. The molecule has 126 valence electrons. The Balaban J connectivity index is 1.46. The van der Waals surface area contributed by atoms with Crippen LogP contribution in [0.3, 0.4) is 0 Å². The zero-order valence-corrected chi connectivity index (χ0v) is 14.0. The van der Waals surface area contributed by atoms with Crippen LogP contribution >= 0.6 is 11.3 Å². The van der Waals surface area contributed by atoms with Crippen molar-refractivity contribution < 1.29 is 14.7 Å². The van der Waals surface area contributed by atoms with Crippen LogP contribution in [0.25, 0.3) is 0 Å². The minimum atomic E-state index is -0.0848. The first-order valence-corrected chi connectivity index (χ1v) is 8.79. The molecule has 2 N–H and O–H groups in total. The maximum absolute atomic E-state index is 12.0. The van der Waals surface area contributed by atoms with Crippen LogP contribution in [0.2, 0.25) is 0 Å². The van der Waals surface area contributed by atoms with Crippen LogP contribution in [0.15, 0.2) is 29.6 Å². The Hall–Kier alpha value is -2.41. The number of carbonyl (C=O) groups excluding carboxylic acids is 2. The number of aromatic hydroxyl groups is 1. The van der Waals surface area contributed by atoms with Crippen LogP contribution in [0, 0.1) is 0 Å². The van der Waals surface area contributed by atoms with Crippen molar-refractivity contribution in [2.45, 2.75) is 25.7 Å². The normalized spacial score (nSPS) is 14.2. The van der Waals surface area contributed by atoms with Gasteiger partial charge in [-0.15, -0.1) is 11.3 Å². The molecular weight excluding hydrogens is 326 g/mol. The van der Waals surface area contributed by atoms with Gasteiger partial charge in [0, 0.05) is 24.9 Å². The van der Waals surface area contributed by atoms with Gasteiger partial charge in [-0.05, 0) is 30.5 Å². The van der Waals surface area contributed by atoms with Gasteiger partial charge in [0.25, 0.3) is 0 Å². The van der Waals surface area contributed by atoms with E-state index in [-0.39, 0.29) is 24.0 Å². The highest BCUT2D eigenvalue weighted by atomic mass is 32.1. The topological polar surface area (TPSA) is 82.5 Å². The number of rotatable bonds is 6. The Bertz CT molecular complexity index is 727. The van der Waals surface area contributed by atoms with Crippen molar-refractivity contribution in [3.63, 3.8) is 0 Å². The molecule has 1 aliphatic rings. The molecule has 1 aromatic heterocycles. The van der Waals surface area contributed by atoms with Crippen molar-refractivity contribution >= 4 is 28.3 Å². The Morgan fingerprint density at radius 3 is 2.83 bits per heavy atom. The lowest BCUT2D eigenvalue weighted by Crippen LogP contribution is -2.27. The maximum Gasteiger partial charge on any atom is 0.228 e. The summed E-state index contributed by atoms with van der Waals surface area (Å²) in [6.45, 7) is 1.25. The van der Waals surface area contributed by atoms with E-state index in [1.165, 1.54) is 11.3 Å². The van der Waals surface area contributed by atoms with E-state index in [2.05, 4.69) is 10.3 Å². The molecule has 1 fully saturated rings. The molecular formula is C17H19N3O3S. The van der Waals surface area contributed by atoms with Crippen LogP contribution in [-0.2, 0) is 22.4 Å². The number of amides is 2. The highest BCUT2D eigenvalue weighted by Gasteiger charge is 2.24. The molecule has 0 aliphatic carbocycles. The molecule has 7 heteroatoms. The first-order chi connectivity index (χ1) is 11.6. The lowest BCUT2D eigenvalue weighted by atomic mass is 10.1. The first-order valence-electron chi connectivity index (χ1n) is 7.91. The second-order valence-electron chi connectivity index (χ2n) is 5.71. The second-order valence-corrected chi connectivity index (χ2v) is 6.55. The smallest absolute Gasteiger partial charge is 0.228 e. The summed E-state index contributed by atoms with van der Waals surface area (Å²) in [5.41, 5.74) is 1.74. The Labute approximate surface area is 144 Å². The quantitative estimate of drug-likeness (QED) is 0.837. The third-order valence-electron chi connectivity index (χ3n) is 3.86. The average Bonchev–Trinajstić information content (AvgIpc) is 3.18. The highest BCUT2D eigenvalue weighted by Crippen LogP contribution is 2.25. The Morgan fingerprint density at radius 2 is 2.12 bits per heavy atom.